The van der Waals surface area contributed by atoms with Crippen LogP contribution in [0.1, 0.15) is 40.6 Å². The number of esters is 1. The molecule has 0 spiro atoms. The molecule has 0 aliphatic carbocycles. The minimum Gasteiger partial charge on any atom is -0.489 e. The number of hydrogen-bond acceptors (Lipinski definition) is 5. The molecule has 5 nitrogen and oxygen atoms in total. The van der Waals surface area contributed by atoms with Gasteiger partial charge >= 0.3 is 5.97 Å². The summed E-state index contributed by atoms with van der Waals surface area (Å²) < 4.78 is 11.0. The van der Waals surface area contributed by atoms with Gasteiger partial charge in [-0.05, 0) is 61.9 Å². The first-order chi connectivity index (χ1) is 13.5. The fourth-order valence-electron chi connectivity index (χ4n) is 3.27. The topological polar surface area (TPSA) is 55.8 Å². The number of hydrogen-bond donors (Lipinski definition) is 0. The number of likely N-dealkylation sites (tertiary alicyclic amines) is 1. The zero-order valence-corrected chi connectivity index (χ0v) is 17.6. The van der Waals surface area contributed by atoms with E-state index in [9.17, 15) is 9.59 Å². The maximum absolute atomic E-state index is 12.8. The van der Waals surface area contributed by atoms with Crippen molar-refractivity contribution in [2.24, 2.45) is 5.92 Å². The number of rotatable bonds is 6. The van der Waals surface area contributed by atoms with Crippen LogP contribution in [0.5, 0.6) is 5.75 Å². The molecule has 0 radical (unpaired) electrons. The first-order valence-corrected chi connectivity index (χ1v) is 10.7. The number of carbonyl (C=O) groups is 2. The predicted molar refractivity (Wildman–Crippen MR) is 110 cm³/mol. The van der Waals surface area contributed by atoms with E-state index in [1.807, 2.05) is 30.5 Å². The average Bonchev–Trinajstić information content (AvgIpc) is 3.16. The van der Waals surface area contributed by atoms with Crippen LogP contribution in [0.25, 0.3) is 0 Å². The number of nitrogens with zero attached hydrogens (tertiary/aromatic N) is 1. The van der Waals surface area contributed by atoms with Crippen molar-refractivity contribution in [1.82, 2.24) is 4.90 Å². The van der Waals surface area contributed by atoms with Crippen molar-refractivity contribution in [1.29, 1.82) is 0 Å². The van der Waals surface area contributed by atoms with Crippen LogP contribution in [0.15, 0.2) is 29.6 Å². The standard InChI is InChI=1S/C21H24ClNO4S/c1-3-26-21(25)16-5-4-8-23(11-16)20(24)19-10-15(13-28-19)12-27-18-7-6-17(22)9-14(18)2/h6-7,9-10,13,16H,3-5,8,11-12H2,1-2H3. The number of halogens is 1. The Hall–Kier alpha value is -2.05. The summed E-state index contributed by atoms with van der Waals surface area (Å²) in [5, 5.41) is 2.61. The second-order valence-corrected chi connectivity index (χ2v) is 8.21. The normalized spacial score (nSPS) is 16.7. The molecule has 1 aliphatic heterocycles. The smallest absolute Gasteiger partial charge is 0.310 e. The second kappa shape index (κ2) is 9.43. The summed E-state index contributed by atoms with van der Waals surface area (Å²) in [5.74, 6) is 0.302. The third-order valence-corrected chi connectivity index (χ3v) is 5.93. The van der Waals surface area contributed by atoms with Crippen molar-refractivity contribution >= 4 is 34.8 Å². The van der Waals surface area contributed by atoms with E-state index in [0.717, 1.165) is 29.7 Å². The quantitative estimate of drug-likeness (QED) is 0.634. The molecule has 1 atom stereocenters. The maximum atomic E-state index is 12.8. The van der Waals surface area contributed by atoms with Gasteiger partial charge in [-0.1, -0.05) is 11.6 Å². The molecule has 1 amide bonds. The summed E-state index contributed by atoms with van der Waals surface area (Å²) in [6.45, 7) is 5.58. The molecule has 1 aliphatic rings. The van der Waals surface area contributed by atoms with Crippen molar-refractivity contribution in [2.45, 2.75) is 33.3 Å². The molecule has 150 valence electrons. The Labute approximate surface area is 174 Å². The summed E-state index contributed by atoms with van der Waals surface area (Å²) >= 11 is 7.37. The highest BCUT2D eigenvalue weighted by Crippen LogP contribution is 2.25. The van der Waals surface area contributed by atoms with Crippen LogP contribution < -0.4 is 4.74 Å². The lowest BCUT2D eigenvalue weighted by molar-refractivity contribution is -0.149. The lowest BCUT2D eigenvalue weighted by atomic mass is 9.98. The van der Waals surface area contributed by atoms with Gasteiger partial charge in [-0.25, -0.2) is 0 Å². The van der Waals surface area contributed by atoms with Crippen LogP contribution in [0.3, 0.4) is 0 Å². The fraction of sp³-hybridized carbons (Fsp3) is 0.429. The average molecular weight is 422 g/mol. The molecule has 1 fully saturated rings. The molecule has 2 aromatic rings. The van der Waals surface area contributed by atoms with Gasteiger partial charge in [0, 0.05) is 23.7 Å². The third kappa shape index (κ3) is 5.06. The molecule has 3 rings (SSSR count). The first-order valence-electron chi connectivity index (χ1n) is 9.40. The summed E-state index contributed by atoms with van der Waals surface area (Å²) in [5.41, 5.74) is 1.92. The fourth-order valence-corrected chi connectivity index (χ4v) is 4.36. The van der Waals surface area contributed by atoms with E-state index in [1.54, 1.807) is 17.9 Å². The minimum atomic E-state index is -0.228. The Kier molecular flexibility index (Phi) is 6.97. The number of ether oxygens (including phenoxy) is 2. The molecular weight excluding hydrogens is 398 g/mol. The van der Waals surface area contributed by atoms with Gasteiger partial charge < -0.3 is 14.4 Å². The zero-order valence-electron chi connectivity index (χ0n) is 16.1. The number of aryl methyl sites for hydroxylation is 1. The second-order valence-electron chi connectivity index (χ2n) is 6.86. The van der Waals surface area contributed by atoms with Gasteiger partial charge in [0.15, 0.2) is 0 Å². The van der Waals surface area contributed by atoms with Gasteiger partial charge in [-0.15, -0.1) is 11.3 Å². The largest absolute Gasteiger partial charge is 0.489 e. The van der Waals surface area contributed by atoms with Crippen LogP contribution in [-0.2, 0) is 16.1 Å². The molecule has 0 N–H and O–H groups in total. The van der Waals surface area contributed by atoms with Crippen LogP contribution in [-0.4, -0.2) is 36.5 Å². The molecule has 1 unspecified atom stereocenters. The lowest BCUT2D eigenvalue weighted by Crippen LogP contribution is -2.42. The Morgan fingerprint density at radius 3 is 2.89 bits per heavy atom. The Morgan fingerprint density at radius 1 is 1.32 bits per heavy atom. The lowest BCUT2D eigenvalue weighted by Gasteiger charge is -2.31. The van der Waals surface area contributed by atoms with Crippen molar-refractivity contribution in [3.63, 3.8) is 0 Å². The molecule has 2 heterocycles. The molecule has 28 heavy (non-hydrogen) atoms. The predicted octanol–water partition coefficient (Wildman–Crippen LogP) is 4.70. The Balaban J connectivity index is 1.59. The Morgan fingerprint density at radius 2 is 2.14 bits per heavy atom. The highest BCUT2D eigenvalue weighted by molar-refractivity contribution is 7.12. The van der Waals surface area contributed by atoms with Gasteiger partial charge in [0.25, 0.3) is 5.91 Å². The van der Waals surface area contributed by atoms with E-state index in [4.69, 9.17) is 21.1 Å². The Bertz CT molecular complexity index is 851. The van der Waals surface area contributed by atoms with Crippen LogP contribution in [0.2, 0.25) is 5.02 Å². The van der Waals surface area contributed by atoms with Crippen molar-refractivity contribution in [3.05, 3.63) is 50.7 Å². The maximum Gasteiger partial charge on any atom is 0.310 e. The van der Waals surface area contributed by atoms with Crippen LogP contribution in [0.4, 0.5) is 0 Å². The monoisotopic (exact) mass is 421 g/mol. The number of thiophene rings is 1. The van der Waals surface area contributed by atoms with Crippen LogP contribution in [0, 0.1) is 12.8 Å². The minimum absolute atomic E-state index is 0.0343. The molecule has 0 saturated carbocycles. The van der Waals surface area contributed by atoms with E-state index in [0.29, 0.717) is 36.2 Å². The van der Waals surface area contributed by atoms with Gasteiger partial charge in [0.2, 0.25) is 0 Å². The van der Waals surface area contributed by atoms with Crippen molar-refractivity contribution < 1.29 is 19.1 Å². The van der Waals surface area contributed by atoms with Gasteiger partial charge in [-0.2, -0.15) is 0 Å². The molecule has 1 aromatic heterocycles. The number of benzene rings is 1. The van der Waals surface area contributed by atoms with E-state index in [2.05, 4.69) is 0 Å². The van der Waals surface area contributed by atoms with Gasteiger partial charge in [0.1, 0.15) is 12.4 Å². The van der Waals surface area contributed by atoms with E-state index in [1.165, 1.54) is 11.3 Å². The van der Waals surface area contributed by atoms with Crippen LogP contribution >= 0.6 is 22.9 Å². The highest BCUT2D eigenvalue weighted by Gasteiger charge is 2.30. The molecule has 1 saturated heterocycles. The molecule has 1 aromatic carbocycles. The van der Waals surface area contributed by atoms with Crippen molar-refractivity contribution in [3.8, 4) is 5.75 Å². The molecule has 7 heteroatoms. The van der Waals surface area contributed by atoms with E-state index in [-0.39, 0.29) is 17.8 Å². The number of piperidine rings is 1. The SMILES string of the molecule is CCOC(=O)C1CCCN(C(=O)c2cc(COc3ccc(Cl)cc3C)cs2)C1. The summed E-state index contributed by atoms with van der Waals surface area (Å²) in [7, 11) is 0. The van der Waals surface area contributed by atoms with E-state index < -0.39 is 0 Å². The third-order valence-electron chi connectivity index (χ3n) is 4.72. The zero-order chi connectivity index (χ0) is 20.1. The summed E-state index contributed by atoms with van der Waals surface area (Å²) in [6.07, 6.45) is 1.58. The summed E-state index contributed by atoms with van der Waals surface area (Å²) in [6, 6.07) is 7.37. The highest BCUT2D eigenvalue weighted by atomic mass is 35.5. The number of amides is 1. The number of carbonyl (C=O) groups excluding carboxylic acids is 2. The van der Waals surface area contributed by atoms with Crippen molar-refractivity contribution in [2.75, 3.05) is 19.7 Å². The summed E-state index contributed by atoms with van der Waals surface area (Å²) in [4.78, 5) is 27.2. The molecular formula is C21H24ClNO4S. The van der Waals surface area contributed by atoms with Gasteiger partial charge in [-0.3, -0.25) is 9.59 Å². The molecule has 0 bridgehead atoms. The first kappa shape index (κ1) is 20.7. The van der Waals surface area contributed by atoms with Gasteiger partial charge in [0.05, 0.1) is 17.4 Å². The van der Waals surface area contributed by atoms with E-state index >= 15 is 0 Å².